The number of rotatable bonds is 4. The molecule has 1 aromatic carbocycles. The molecule has 1 aromatic heterocycles. The summed E-state index contributed by atoms with van der Waals surface area (Å²) in [7, 11) is 0. The lowest BCUT2D eigenvalue weighted by molar-refractivity contribution is -0.383. The molecule has 2 rings (SSSR count). The Balaban J connectivity index is 2.50. The third-order valence-corrected chi connectivity index (χ3v) is 3.20. The Bertz CT molecular complexity index is 637. The minimum absolute atomic E-state index is 0.0904. The summed E-state index contributed by atoms with van der Waals surface area (Å²) in [6, 6.07) is 3.00. The second kappa shape index (κ2) is 4.57. The first-order valence-electron chi connectivity index (χ1n) is 5.05. The van der Waals surface area contributed by atoms with Gasteiger partial charge in [-0.2, -0.15) is 0 Å². The van der Waals surface area contributed by atoms with Gasteiger partial charge in [0, 0.05) is 6.07 Å². The fourth-order valence-corrected chi connectivity index (χ4v) is 2.40. The first kappa shape index (κ1) is 12.2. The van der Waals surface area contributed by atoms with E-state index in [0.717, 1.165) is 9.71 Å². The zero-order valence-electron chi connectivity index (χ0n) is 9.47. The Morgan fingerprint density at radius 1 is 1.61 bits per heavy atom. The number of primary amides is 1. The van der Waals surface area contributed by atoms with Crippen molar-refractivity contribution in [2.24, 2.45) is 5.73 Å². The topological polar surface area (TPSA) is 111 Å². The predicted molar refractivity (Wildman–Crippen MR) is 68.7 cm³/mol. The fourth-order valence-electron chi connectivity index (χ4n) is 1.55. The number of benzene rings is 1. The molecule has 0 aliphatic rings. The van der Waals surface area contributed by atoms with Gasteiger partial charge in [-0.15, -0.1) is 11.3 Å². The number of carbonyl (C=O) groups excluding carboxylic acids is 1. The second-order valence-corrected chi connectivity index (χ2v) is 4.88. The first-order valence-corrected chi connectivity index (χ1v) is 5.87. The lowest BCUT2D eigenvalue weighted by Crippen LogP contribution is -2.22. The fraction of sp³-hybridized carbons (Fsp3) is 0.200. The molecule has 0 aliphatic carbocycles. The van der Waals surface area contributed by atoms with Gasteiger partial charge < -0.3 is 11.1 Å². The van der Waals surface area contributed by atoms with E-state index in [1.54, 1.807) is 6.07 Å². The number of aryl methyl sites for hydroxylation is 1. The number of aromatic nitrogens is 1. The summed E-state index contributed by atoms with van der Waals surface area (Å²) in [4.78, 5) is 25.4. The van der Waals surface area contributed by atoms with E-state index in [9.17, 15) is 14.9 Å². The van der Waals surface area contributed by atoms with Crippen LogP contribution in [0.15, 0.2) is 12.1 Å². The Hall–Kier alpha value is -2.22. The number of amides is 1. The summed E-state index contributed by atoms with van der Waals surface area (Å²) in [6.07, 6.45) is 0. The van der Waals surface area contributed by atoms with Crippen LogP contribution in [0, 0.1) is 17.0 Å². The highest BCUT2D eigenvalue weighted by Gasteiger charge is 2.17. The summed E-state index contributed by atoms with van der Waals surface area (Å²) < 4.78 is 0.740. The van der Waals surface area contributed by atoms with Crippen molar-refractivity contribution < 1.29 is 9.72 Å². The van der Waals surface area contributed by atoms with Crippen molar-refractivity contribution in [3.63, 3.8) is 0 Å². The SMILES string of the molecule is Cc1nc2cc(NCC(N)=O)c([N+](=O)[O-])cc2s1. The van der Waals surface area contributed by atoms with Gasteiger partial charge in [0.1, 0.15) is 5.69 Å². The van der Waals surface area contributed by atoms with Gasteiger partial charge in [-0.3, -0.25) is 14.9 Å². The number of anilines is 1. The smallest absolute Gasteiger partial charge is 0.293 e. The van der Waals surface area contributed by atoms with Crippen LogP contribution < -0.4 is 11.1 Å². The molecule has 7 nitrogen and oxygen atoms in total. The van der Waals surface area contributed by atoms with Gasteiger partial charge >= 0.3 is 0 Å². The van der Waals surface area contributed by atoms with E-state index in [0.29, 0.717) is 5.52 Å². The maximum Gasteiger partial charge on any atom is 0.293 e. The second-order valence-electron chi connectivity index (χ2n) is 3.65. The summed E-state index contributed by atoms with van der Waals surface area (Å²) >= 11 is 1.38. The summed E-state index contributed by atoms with van der Waals surface area (Å²) in [5.74, 6) is -0.584. The Labute approximate surface area is 106 Å². The summed E-state index contributed by atoms with van der Waals surface area (Å²) in [6.45, 7) is 1.67. The minimum Gasteiger partial charge on any atom is -0.370 e. The Kier molecular flexibility index (Phi) is 3.11. The molecule has 3 N–H and O–H groups in total. The van der Waals surface area contributed by atoms with Crippen molar-refractivity contribution >= 4 is 38.8 Å². The molecule has 8 heteroatoms. The number of nitro benzene ring substituents is 1. The lowest BCUT2D eigenvalue weighted by Gasteiger charge is -2.04. The van der Waals surface area contributed by atoms with Crippen LogP contribution in [0.25, 0.3) is 10.2 Å². The highest BCUT2D eigenvalue weighted by atomic mass is 32.1. The van der Waals surface area contributed by atoms with Crippen LogP contribution in [0.1, 0.15) is 5.01 Å². The van der Waals surface area contributed by atoms with Gasteiger partial charge in [0.2, 0.25) is 5.91 Å². The molecule has 0 fully saturated rings. The zero-order valence-corrected chi connectivity index (χ0v) is 10.3. The molecule has 1 amide bonds. The normalized spacial score (nSPS) is 10.5. The molecule has 0 aliphatic heterocycles. The van der Waals surface area contributed by atoms with Crippen LogP contribution in [0.4, 0.5) is 11.4 Å². The van der Waals surface area contributed by atoms with Crippen LogP contribution >= 0.6 is 11.3 Å². The molecule has 1 heterocycles. The van der Waals surface area contributed by atoms with Gasteiger partial charge in [-0.05, 0) is 13.0 Å². The van der Waals surface area contributed by atoms with E-state index in [4.69, 9.17) is 5.73 Å². The van der Waals surface area contributed by atoms with Crippen molar-refractivity contribution in [3.8, 4) is 0 Å². The summed E-state index contributed by atoms with van der Waals surface area (Å²) in [5, 5.41) is 14.4. The molecule has 0 radical (unpaired) electrons. The lowest BCUT2D eigenvalue weighted by atomic mass is 10.2. The average Bonchev–Trinajstić information content (AvgIpc) is 2.63. The van der Waals surface area contributed by atoms with Crippen LogP contribution in [-0.4, -0.2) is 22.4 Å². The standard InChI is InChI=1S/C10H10N4O3S/c1-5-13-7-2-6(12-4-10(11)15)8(14(16)17)3-9(7)18-5/h2-3,12H,4H2,1H3,(H2,11,15). The van der Waals surface area contributed by atoms with Crippen LogP contribution in [0.3, 0.4) is 0 Å². The van der Waals surface area contributed by atoms with Gasteiger partial charge in [0.05, 0.1) is 26.7 Å². The van der Waals surface area contributed by atoms with E-state index in [1.807, 2.05) is 6.92 Å². The Morgan fingerprint density at radius 2 is 2.33 bits per heavy atom. The predicted octanol–water partition coefficient (Wildman–Crippen LogP) is 1.41. The number of hydrogen-bond acceptors (Lipinski definition) is 6. The van der Waals surface area contributed by atoms with Gasteiger partial charge in [0.25, 0.3) is 5.69 Å². The first-order chi connectivity index (χ1) is 8.47. The molecule has 18 heavy (non-hydrogen) atoms. The van der Waals surface area contributed by atoms with E-state index in [2.05, 4.69) is 10.3 Å². The third-order valence-electron chi connectivity index (χ3n) is 2.26. The van der Waals surface area contributed by atoms with Gasteiger partial charge in [0.15, 0.2) is 0 Å². The molecule has 0 spiro atoms. The van der Waals surface area contributed by atoms with Crippen LogP contribution in [-0.2, 0) is 4.79 Å². The molecule has 0 atom stereocenters. The highest BCUT2D eigenvalue weighted by molar-refractivity contribution is 7.18. The number of nitro groups is 1. The third kappa shape index (κ3) is 2.38. The minimum atomic E-state index is -0.584. The molecule has 2 aromatic rings. The van der Waals surface area contributed by atoms with E-state index < -0.39 is 10.8 Å². The number of carbonyl (C=O) groups is 1. The van der Waals surface area contributed by atoms with Crippen molar-refractivity contribution in [1.29, 1.82) is 0 Å². The number of nitrogens with one attached hydrogen (secondary N) is 1. The number of fused-ring (bicyclic) bond motifs is 1. The number of nitrogens with two attached hydrogens (primary N) is 1. The number of hydrogen-bond donors (Lipinski definition) is 2. The maximum absolute atomic E-state index is 11.0. The highest BCUT2D eigenvalue weighted by Crippen LogP contribution is 2.32. The van der Waals surface area contributed by atoms with Crippen LogP contribution in [0.5, 0.6) is 0 Å². The molecular formula is C10H10N4O3S. The molecule has 0 bridgehead atoms. The maximum atomic E-state index is 11.0. The zero-order chi connectivity index (χ0) is 13.3. The van der Waals surface area contributed by atoms with E-state index in [1.165, 1.54) is 17.4 Å². The molecule has 0 saturated heterocycles. The van der Waals surface area contributed by atoms with Gasteiger partial charge in [-0.25, -0.2) is 4.98 Å². The molecule has 0 saturated carbocycles. The number of thiazole rings is 1. The molecule has 94 valence electrons. The van der Waals surface area contributed by atoms with Crippen molar-refractivity contribution in [2.45, 2.75) is 6.92 Å². The van der Waals surface area contributed by atoms with Gasteiger partial charge in [-0.1, -0.05) is 0 Å². The number of nitrogens with zero attached hydrogens (tertiary/aromatic N) is 2. The molecule has 0 unspecified atom stereocenters. The quantitative estimate of drug-likeness (QED) is 0.642. The summed E-state index contributed by atoms with van der Waals surface area (Å²) in [5.41, 5.74) is 5.82. The van der Waals surface area contributed by atoms with E-state index in [-0.39, 0.29) is 17.9 Å². The van der Waals surface area contributed by atoms with E-state index >= 15 is 0 Å². The Morgan fingerprint density at radius 3 is 2.94 bits per heavy atom. The molecular weight excluding hydrogens is 256 g/mol. The van der Waals surface area contributed by atoms with Crippen molar-refractivity contribution in [2.75, 3.05) is 11.9 Å². The van der Waals surface area contributed by atoms with Crippen LogP contribution in [0.2, 0.25) is 0 Å². The largest absolute Gasteiger partial charge is 0.370 e. The monoisotopic (exact) mass is 266 g/mol. The average molecular weight is 266 g/mol. The van der Waals surface area contributed by atoms with Crippen molar-refractivity contribution in [3.05, 3.63) is 27.3 Å². The van der Waals surface area contributed by atoms with Crippen molar-refractivity contribution in [1.82, 2.24) is 4.98 Å².